The van der Waals surface area contributed by atoms with Gasteiger partial charge in [0.25, 0.3) is 0 Å². The van der Waals surface area contributed by atoms with Crippen LogP contribution < -0.4 is 10.6 Å². The molecule has 18 heavy (non-hydrogen) atoms. The van der Waals surface area contributed by atoms with Crippen molar-refractivity contribution in [2.75, 3.05) is 11.4 Å². The number of nitrogens with zero attached hydrogens (tertiary/aromatic N) is 1. The molecule has 2 nitrogen and oxygen atoms in total. The third-order valence-corrected chi connectivity index (χ3v) is 3.91. The van der Waals surface area contributed by atoms with E-state index in [9.17, 15) is 0 Å². The summed E-state index contributed by atoms with van der Waals surface area (Å²) in [7, 11) is 0. The topological polar surface area (TPSA) is 29.3 Å². The fraction of sp³-hybridized carbons (Fsp3) is 0.625. The largest absolute Gasteiger partial charge is 0.365 e. The lowest BCUT2D eigenvalue weighted by atomic mass is 9.85. The Kier molecular flexibility index (Phi) is 3.18. The highest BCUT2D eigenvalue weighted by molar-refractivity contribution is 5.59. The Bertz CT molecular complexity index is 429. The zero-order valence-electron chi connectivity index (χ0n) is 12.3. The van der Waals surface area contributed by atoms with Gasteiger partial charge in [0.1, 0.15) is 0 Å². The van der Waals surface area contributed by atoms with E-state index in [1.807, 2.05) is 0 Å². The van der Waals surface area contributed by atoms with Crippen molar-refractivity contribution < 1.29 is 0 Å². The van der Waals surface area contributed by atoms with Gasteiger partial charge >= 0.3 is 0 Å². The third kappa shape index (κ3) is 2.39. The standard InChI is InChI=1S/C16H26N2/c1-15(2,3)13-8-6-7-9-14(13)18-11-12(17)10-16(18,4)5/h6-9,12H,10-11,17H2,1-5H3. The molecule has 1 aromatic carbocycles. The van der Waals surface area contributed by atoms with Gasteiger partial charge in [0.2, 0.25) is 0 Å². The van der Waals surface area contributed by atoms with Crippen LogP contribution in [0.25, 0.3) is 0 Å². The van der Waals surface area contributed by atoms with E-state index in [-0.39, 0.29) is 17.0 Å². The molecule has 1 aliphatic rings. The Morgan fingerprint density at radius 2 is 1.83 bits per heavy atom. The summed E-state index contributed by atoms with van der Waals surface area (Å²) in [5.41, 5.74) is 9.23. The molecule has 1 aromatic rings. The van der Waals surface area contributed by atoms with Crippen LogP contribution in [-0.4, -0.2) is 18.1 Å². The molecule has 0 aromatic heterocycles. The van der Waals surface area contributed by atoms with E-state index in [1.165, 1.54) is 11.3 Å². The second-order valence-corrected chi connectivity index (χ2v) is 7.15. The highest BCUT2D eigenvalue weighted by Crippen LogP contribution is 2.39. The lowest BCUT2D eigenvalue weighted by Crippen LogP contribution is -2.39. The number of hydrogen-bond acceptors (Lipinski definition) is 2. The first-order valence-corrected chi connectivity index (χ1v) is 6.84. The van der Waals surface area contributed by atoms with Gasteiger partial charge in [-0.1, -0.05) is 39.0 Å². The third-order valence-electron chi connectivity index (χ3n) is 3.91. The number of nitrogens with two attached hydrogens (primary N) is 1. The predicted octanol–water partition coefficient (Wildman–Crippen LogP) is 3.30. The van der Waals surface area contributed by atoms with Crippen molar-refractivity contribution in [1.29, 1.82) is 0 Å². The number of rotatable bonds is 1. The fourth-order valence-electron chi connectivity index (χ4n) is 3.07. The molecule has 2 heteroatoms. The molecule has 0 amide bonds. The minimum atomic E-state index is 0.154. The average Bonchev–Trinajstić information content (AvgIpc) is 2.50. The summed E-state index contributed by atoms with van der Waals surface area (Å²) in [6.45, 7) is 12.4. The second-order valence-electron chi connectivity index (χ2n) is 7.15. The minimum absolute atomic E-state index is 0.154. The van der Waals surface area contributed by atoms with Gasteiger partial charge in [0.05, 0.1) is 0 Å². The summed E-state index contributed by atoms with van der Waals surface area (Å²) in [5.74, 6) is 0. The molecule has 0 aliphatic carbocycles. The van der Waals surface area contributed by atoms with Crippen molar-refractivity contribution in [3.8, 4) is 0 Å². The summed E-state index contributed by atoms with van der Waals surface area (Å²) in [6, 6.07) is 9.03. The van der Waals surface area contributed by atoms with Crippen LogP contribution in [0.3, 0.4) is 0 Å². The van der Waals surface area contributed by atoms with E-state index in [2.05, 4.69) is 63.8 Å². The van der Waals surface area contributed by atoms with Crippen molar-refractivity contribution in [1.82, 2.24) is 0 Å². The summed E-state index contributed by atoms with van der Waals surface area (Å²) < 4.78 is 0. The highest BCUT2D eigenvalue weighted by Gasteiger charge is 2.38. The molecular formula is C16H26N2. The van der Waals surface area contributed by atoms with Crippen molar-refractivity contribution in [2.24, 2.45) is 5.73 Å². The summed E-state index contributed by atoms with van der Waals surface area (Å²) in [4.78, 5) is 2.48. The second kappa shape index (κ2) is 4.27. The predicted molar refractivity (Wildman–Crippen MR) is 79.2 cm³/mol. The van der Waals surface area contributed by atoms with Crippen LogP contribution in [0, 0.1) is 0 Å². The van der Waals surface area contributed by atoms with Gasteiger partial charge in [0, 0.05) is 23.8 Å². The molecule has 0 spiro atoms. The first-order valence-electron chi connectivity index (χ1n) is 6.84. The first-order chi connectivity index (χ1) is 8.22. The van der Waals surface area contributed by atoms with Crippen molar-refractivity contribution in [2.45, 2.75) is 58.0 Å². The number of hydrogen-bond donors (Lipinski definition) is 1. The Labute approximate surface area is 111 Å². The molecule has 1 unspecified atom stereocenters. The van der Waals surface area contributed by atoms with Gasteiger partial charge < -0.3 is 10.6 Å². The Balaban J connectivity index is 2.46. The Morgan fingerprint density at radius 3 is 2.33 bits per heavy atom. The monoisotopic (exact) mass is 246 g/mol. The molecule has 1 atom stereocenters. The van der Waals surface area contributed by atoms with Crippen LogP contribution in [-0.2, 0) is 5.41 Å². The maximum absolute atomic E-state index is 6.16. The van der Waals surface area contributed by atoms with E-state index >= 15 is 0 Å². The molecule has 100 valence electrons. The van der Waals surface area contributed by atoms with E-state index < -0.39 is 0 Å². The van der Waals surface area contributed by atoms with E-state index in [1.54, 1.807) is 0 Å². The maximum Gasteiger partial charge on any atom is 0.0409 e. The molecular weight excluding hydrogens is 220 g/mol. The van der Waals surface area contributed by atoms with Crippen LogP contribution in [0.4, 0.5) is 5.69 Å². The molecule has 1 aliphatic heterocycles. The number of benzene rings is 1. The molecule has 2 rings (SSSR count). The van der Waals surface area contributed by atoms with Crippen LogP contribution >= 0.6 is 0 Å². The van der Waals surface area contributed by atoms with E-state index in [4.69, 9.17) is 5.73 Å². The molecule has 0 bridgehead atoms. The van der Waals surface area contributed by atoms with Gasteiger partial charge in [-0.05, 0) is 37.3 Å². The summed E-state index contributed by atoms with van der Waals surface area (Å²) >= 11 is 0. The van der Waals surface area contributed by atoms with Crippen molar-refractivity contribution in [3.05, 3.63) is 29.8 Å². The smallest absolute Gasteiger partial charge is 0.0409 e. The van der Waals surface area contributed by atoms with Gasteiger partial charge in [-0.3, -0.25) is 0 Å². The van der Waals surface area contributed by atoms with Gasteiger partial charge in [-0.2, -0.15) is 0 Å². The van der Waals surface area contributed by atoms with Crippen LogP contribution in [0.5, 0.6) is 0 Å². The molecule has 0 radical (unpaired) electrons. The van der Waals surface area contributed by atoms with Gasteiger partial charge in [-0.15, -0.1) is 0 Å². The van der Waals surface area contributed by atoms with Gasteiger partial charge in [0.15, 0.2) is 0 Å². The number of anilines is 1. The number of para-hydroxylation sites is 1. The summed E-state index contributed by atoms with van der Waals surface area (Å²) in [6.07, 6.45) is 1.06. The summed E-state index contributed by atoms with van der Waals surface area (Å²) in [5, 5.41) is 0. The zero-order chi connectivity index (χ0) is 13.6. The van der Waals surface area contributed by atoms with Crippen LogP contribution in [0.1, 0.15) is 46.6 Å². The highest BCUT2D eigenvalue weighted by atomic mass is 15.2. The molecule has 0 saturated carbocycles. The lowest BCUT2D eigenvalue weighted by Gasteiger charge is -2.37. The lowest BCUT2D eigenvalue weighted by molar-refractivity contribution is 0.500. The fourth-order valence-corrected chi connectivity index (χ4v) is 3.07. The van der Waals surface area contributed by atoms with Crippen LogP contribution in [0.15, 0.2) is 24.3 Å². The molecule has 1 saturated heterocycles. The normalized spacial score (nSPS) is 23.4. The SMILES string of the molecule is CC(C)(C)c1ccccc1N1CC(N)CC1(C)C. The maximum atomic E-state index is 6.16. The Hall–Kier alpha value is -1.02. The van der Waals surface area contributed by atoms with Crippen LogP contribution in [0.2, 0.25) is 0 Å². The first kappa shape index (κ1) is 13.4. The quantitative estimate of drug-likeness (QED) is 0.824. The zero-order valence-corrected chi connectivity index (χ0v) is 12.3. The average molecular weight is 246 g/mol. The molecule has 1 fully saturated rings. The Morgan fingerprint density at radius 1 is 1.22 bits per heavy atom. The van der Waals surface area contributed by atoms with Gasteiger partial charge in [-0.25, -0.2) is 0 Å². The minimum Gasteiger partial charge on any atom is -0.365 e. The van der Waals surface area contributed by atoms with Crippen molar-refractivity contribution in [3.63, 3.8) is 0 Å². The molecule has 1 heterocycles. The van der Waals surface area contributed by atoms with Crippen molar-refractivity contribution >= 4 is 5.69 Å². The van der Waals surface area contributed by atoms with E-state index in [0.717, 1.165) is 13.0 Å². The van der Waals surface area contributed by atoms with E-state index in [0.29, 0.717) is 0 Å². The molecule has 2 N–H and O–H groups in total.